The molecule has 1 aliphatic heterocycles. The van der Waals surface area contributed by atoms with E-state index in [-0.39, 0.29) is 0 Å². The van der Waals surface area contributed by atoms with Crippen molar-refractivity contribution in [3.05, 3.63) is 41.1 Å². The second-order valence-electron chi connectivity index (χ2n) is 4.97. The van der Waals surface area contributed by atoms with Gasteiger partial charge in [0.1, 0.15) is 0 Å². The maximum atomic E-state index is 5.28. The molecular formula is C14H18N4OS. The lowest BCUT2D eigenvalue weighted by Gasteiger charge is -2.35. The van der Waals surface area contributed by atoms with Crippen LogP contribution >= 0.6 is 12.2 Å². The van der Waals surface area contributed by atoms with Crippen molar-refractivity contribution in [2.24, 2.45) is 0 Å². The fraction of sp³-hybridized carbons (Fsp3) is 0.429. The molecule has 1 aromatic carbocycles. The second-order valence-corrected chi connectivity index (χ2v) is 5.32. The monoisotopic (exact) mass is 290 g/mol. The first kappa shape index (κ1) is 13.3. The van der Waals surface area contributed by atoms with Gasteiger partial charge in [-0.15, -0.1) is 5.10 Å². The Labute approximate surface area is 123 Å². The zero-order valence-electron chi connectivity index (χ0n) is 11.5. The fourth-order valence-corrected chi connectivity index (χ4v) is 2.69. The lowest BCUT2D eigenvalue weighted by Crippen LogP contribution is -2.46. The minimum absolute atomic E-state index is 0.452. The van der Waals surface area contributed by atoms with E-state index in [9.17, 15) is 0 Å². The minimum Gasteiger partial charge on any atom is -0.414 e. The molecule has 0 amide bonds. The minimum atomic E-state index is 0.452. The van der Waals surface area contributed by atoms with Gasteiger partial charge in [0.05, 0.1) is 6.67 Å². The van der Waals surface area contributed by atoms with Crippen molar-refractivity contribution in [2.45, 2.75) is 13.6 Å². The molecule has 0 N–H and O–H groups in total. The van der Waals surface area contributed by atoms with Gasteiger partial charge in [-0.25, -0.2) is 4.68 Å². The molecule has 2 aromatic rings. The maximum Gasteiger partial charge on any atom is 0.288 e. The summed E-state index contributed by atoms with van der Waals surface area (Å²) in [6, 6.07) is 10.5. The summed E-state index contributed by atoms with van der Waals surface area (Å²) in [4.78, 5) is 5.20. The Kier molecular flexibility index (Phi) is 3.84. The summed E-state index contributed by atoms with van der Waals surface area (Å²) in [5, 5.41) is 4.27. The molecule has 6 heteroatoms. The van der Waals surface area contributed by atoms with Crippen molar-refractivity contribution in [1.29, 1.82) is 0 Å². The van der Waals surface area contributed by atoms with Crippen LogP contribution in [-0.2, 0) is 6.67 Å². The van der Waals surface area contributed by atoms with Gasteiger partial charge in [0.15, 0.2) is 0 Å². The van der Waals surface area contributed by atoms with Crippen LogP contribution in [-0.4, -0.2) is 40.9 Å². The van der Waals surface area contributed by atoms with Crippen LogP contribution in [0.4, 0.5) is 5.69 Å². The Morgan fingerprint density at radius 3 is 2.45 bits per heavy atom. The number of hydrogen-bond acceptors (Lipinski definition) is 5. The van der Waals surface area contributed by atoms with E-state index in [1.54, 1.807) is 4.68 Å². The van der Waals surface area contributed by atoms with Crippen LogP contribution < -0.4 is 4.90 Å². The van der Waals surface area contributed by atoms with Gasteiger partial charge >= 0.3 is 0 Å². The number of anilines is 1. The molecule has 0 unspecified atom stereocenters. The van der Waals surface area contributed by atoms with Crippen molar-refractivity contribution in [3.63, 3.8) is 0 Å². The Hall–Kier alpha value is -1.66. The first-order valence-corrected chi connectivity index (χ1v) is 7.20. The van der Waals surface area contributed by atoms with E-state index in [0.717, 1.165) is 26.2 Å². The number of piperazine rings is 1. The van der Waals surface area contributed by atoms with Crippen molar-refractivity contribution in [1.82, 2.24) is 14.7 Å². The molecule has 0 bridgehead atoms. The summed E-state index contributed by atoms with van der Waals surface area (Å²) in [5.74, 6) is 0.623. The third kappa shape index (κ3) is 2.91. The van der Waals surface area contributed by atoms with Crippen LogP contribution in [0.15, 0.2) is 34.7 Å². The van der Waals surface area contributed by atoms with Crippen molar-refractivity contribution in [2.75, 3.05) is 31.1 Å². The molecule has 0 saturated carbocycles. The van der Waals surface area contributed by atoms with E-state index in [4.69, 9.17) is 16.6 Å². The molecule has 5 nitrogen and oxygen atoms in total. The lowest BCUT2D eigenvalue weighted by atomic mass is 10.2. The van der Waals surface area contributed by atoms with Gasteiger partial charge in [-0.05, 0) is 24.4 Å². The van der Waals surface area contributed by atoms with Crippen LogP contribution in [0.1, 0.15) is 5.89 Å². The van der Waals surface area contributed by atoms with E-state index in [2.05, 4.69) is 45.2 Å². The summed E-state index contributed by atoms with van der Waals surface area (Å²) < 4.78 is 7.03. The van der Waals surface area contributed by atoms with E-state index in [1.165, 1.54) is 5.69 Å². The molecule has 106 valence electrons. The highest BCUT2D eigenvalue weighted by atomic mass is 32.1. The first-order chi connectivity index (χ1) is 9.72. The Balaban J connectivity index is 1.59. The summed E-state index contributed by atoms with van der Waals surface area (Å²) in [5.41, 5.74) is 1.29. The van der Waals surface area contributed by atoms with Gasteiger partial charge < -0.3 is 9.32 Å². The molecule has 1 saturated heterocycles. The van der Waals surface area contributed by atoms with Gasteiger partial charge in [0, 0.05) is 38.8 Å². The maximum absolute atomic E-state index is 5.28. The largest absolute Gasteiger partial charge is 0.414 e. The van der Waals surface area contributed by atoms with Gasteiger partial charge in [0.2, 0.25) is 5.89 Å². The summed E-state index contributed by atoms with van der Waals surface area (Å²) >= 11 is 5.14. The topological polar surface area (TPSA) is 37.4 Å². The molecule has 1 aromatic heterocycles. The molecule has 0 aliphatic carbocycles. The number of rotatable bonds is 3. The third-order valence-electron chi connectivity index (χ3n) is 3.53. The number of aryl methyl sites for hydroxylation is 1. The van der Waals surface area contributed by atoms with E-state index in [0.29, 0.717) is 17.4 Å². The zero-order chi connectivity index (χ0) is 13.9. The normalized spacial score (nSPS) is 16.6. The van der Waals surface area contributed by atoms with Crippen molar-refractivity contribution >= 4 is 17.9 Å². The standard InChI is InChI=1S/C14H18N4OS/c1-12-15-18(14(20)19-12)11-16-7-9-17(10-8-16)13-5-3-2-4-6-13/h2-6H,7-11H2,1H3. The SMILES string of the molecule is Cc1nn(CN2CCN(c3ccccc3)CC2)c(=S)o1. The van der Waals surface area contributed by atoms with Gasteiger partial charge in [-0.3, -0.25) is 4.90 Å². The van der Waals surface area contributed by atoms with E-state index < -0.39 is 0 Å². The van der Waals surface area contributed by atoms with Crippen LogP contribution in [0.25, 0.3) is 0 Å². The van der Waals surface area contributed by atoms with Crippen LogP contribution in [0.2, 0.25) is 0 Å². The average molecular weight is 290 g/mol. The van der Waals surface area contributed by atoms with Gasteiger partial charge in [-0.2, -0.15) is 0 Å². The van der Waals surface area contributed by atoms with Gasteiger partial charge in [-0.1, -0.05) is 18.2 Å². The highest BCUT2D eigenvalue weighted by molar-refractivity contribution is 7.71. The quantitative estimate of drug-likeness (QED) is 0.811. The average Bonchev–Trinajstić information content (AvgIpc) is 2.79. The Morgan fingerprint density at radius 1 is 1.15 bits per heavy atom. The summed E-state index contributed by atoms with van der Waals surface area (Å²) in [6.45, 7) is 6.58. The van der Waals surface area contributed by atoms with E-state index in [1.807, 2.05) is 6.92 Å². The van der Waals surface area contributed by atoms with Crippen molar-refractivity contribution < 1.29 is 4.42 Å². The third-order valence-corrected chi connectivity index (χ3v) is 3.83. The number of benzene rings is 1. The lowest BCUT2D eigenvalue weighted by molar-refractivity contribution is 0.192. The predicted octanol–water partition coefficient (Wildman–Crippen LogP) is 2.29. The number of hydrogen-bond donors (Lipinski definition) is 0. The van der Waals surface area contributed by atoms with Crippen LogP contribution in [0, 0.1) is 11.8 Å². The molecule has 1 aliphatic rings. The summed E-state index contributed by atoms with van der Waals surface area (Å²) in [7, 11) is 0. The van der Waals surface area contributed by atoms with Crippen LogP contribution in [0.3, 0.4) is 0 Å². The second kappa shape index (κ2) is 5.76. The van der Waals surface area contributed by atoms with E-state index >= 15 is 0 Å². The molecule has 0 spiro atoms. The first-order valence-electron chi connectivity index (χ1n) is 6.79. The van der Waals surface area contributed by atoms with Crippen molar-refractivity contribution in [3.8, 4) is 0 Å². The van der Waals surface area contributed by atoms with Crippen LogP contribution in [0.5, 0.6) is 0 Å². The molecule has 3 rings (SSSR count). The molecule has 0 radical (unpaired) electrons. The Morgan fingerprint density at radius 2 is 1.85 bits per heavy atom. The predicted molar refractivity (Wildman–Crippen MR) is 80.3 cm³/mol. The molecule has 20 heavy (non-hydrogen) atoms. The molecule has 0 atom stereocenters. The summed E-state index contributed by atoms with van der Waals surface area (Å²) in [6.07, 6.45) is 0. The van der Waals surface area contributed by atoms with Gasteiger partial charge in [0.25, 0.3) is 4.84 Å². The Bertz CT molecular complexity index is 614. The number of aromatic nitrogens is 2. The zero-order valence-corrected chi connectivity index (χ0v) is 12.3. The highest BCUT2D eigenvalue weighted by Crippen LogP contribution is 2.15. The fourth-order valence-electron chi connectivity index (χ4n) is 2.48. The molecule has 1 fully saturated rings. The molecular weight excluding hydrogens is 272 g/mol. The number of nitrogens with zero attached hydrogens (tertiary/aromatic N) is 4. The highest BCUT2D eigenvalue weighted by Gasteiger charge is 2.18. The molecule has 2 heterocycles. The smallest absolute Gasteiger partial charge is 0.288 e. The number of para-hydroxylation sites is 1.